The maximum Gasteiger partial charge on any atom is 0.252 e. The number of aromatic nitrogens is 1. The number of amides is 1. The molecule has 5 nitrogen and oxygen atoms in total. The summed E-state index contributed by atoms with van der Waals surface area (Å²) in [5.41, 5.74) is 0.492. The molecule has 1 N–H and O–H groups in total. The van der Waals surface area contributed by atoms with Gasteiger partial charge in [0.25, 0.3) is 5.91 Å². The van der Waals surface area contributed by atoms with Crippen LogP contribution in [0, 0.1) is 0 Å². The first kappa shape index (κ1) is 14.6. The third kappa shape index (κ3) is 4.68. The average Bonchev–Trinajstić information content (AvgIpc) is 2.96. The summed E-state index contributed by atoms with van der Waals surface area (Å²) in [6.45, 7) is 1.54. The van der Waals surface area contributed by atoms with E-state index < -0.39 is 0 Å². The topological polar surface area (TPSA) is 64.4 Å². The fraction of sp³-hybridized carbons (Fsp3) is 0.286. The number of carbonyl (C=O) groups is 1. The smallest absolute Gasteiger partial charge is 0.252 e. The molecular formula is C14H15ClN2O3. The van der Waals surface area contributed by atoms with Crippen LogP contribution in [0.1, 0.15) is 22.5 Å². The van der Waals surface area contributed by atoms with Gasteiger partial charge in [0.15, 0.2) is 0 Å². The Morgan fingerprint density at radius 2 is 2.30 bits per heavy atom. The minimum absolute atomic E-state index is 0.166. The lowest BCUT2D eigenvalue weighted by Crippen LogP contribution is -2.25. The molecule has 0 aromatic carbocycles. The molecule has 0 aliphatic rings. The van der Waals surface area contributed by atoms with E-state index in [-0.39, 0.29) is 5.91 Å². The number of carbonyl (C=O) groups excluding carboxylic acids is 1. The van der Waals surface area contributed by atoms with Crippen LogP contribution in [0.3, 0.4) is 0 Å². The van der Waals surface area contributed by atoms with Crippen molar-refractivity contribution in [1.82, 2.24) is 10.3 Å². The number of ether oxygens (including phenoxy) is 1. The van der Waals surface area contributed by atoms with Crippen LogP contribution in [-0.2, 0) is 11.3 Å². The van der Waals surface area contributed by atoms with Gasteiger partial charge in [-0.05, 0) is 30.7 Å². The molecule has 106 valence electrons. The van der Waals surface area contributed by atoms with Gasteiger partial charge in [-0.3, -0.25) is 4.79 Å². The summed E-state index contributed by atoms with van der Waals surface area (Å²) >= 11 is 5.65. The number of nitrogens with zero attached hydrogens (tertiary/aromatic N) is 1. The number of halogens is 1. The normalized spacial score (nSPS) is 10.4. The van der Waals surface area contributed by atoms with Gasteiger partial charge in [-0.15, -0.1) is 0 Å². The first-order valence-electron chi connectivity index (χ1n) is 6.25. The highest BCUT2D eigenvalue weighted by molar-refractivity contribution is 6.29. The lowest BCUT2D eigenvalue weighted by atomic mass is 10.2. The molecule has 2 heterocycles. The van der Waals surface area contributed by atoms with Crippen LogP contribution in [-0.4, -0.2) is 24.0 Å². The zero-order valence-electron chi connectivity index (χ0n) is 10.8. The highest BCUT2D eigenvalue weighted by Gasteiger charge is 2.04. The van der Waals surface area contributed by atoms with E-state index in [9.17, 15) is 4.79 Å². The van der Waals surface area contributed by atoms with Crippen molar-refractivity contribution in [2.24, 2.45) is 0 Å². The molecule has 1 amide bonds. The van der Waals surface area contributed by atoms with Gasteiger partial charge < -0.3 is 14.5 Å². The third-order valence-electron chi connectivity index (χ3n) is 2.57. The second-order valence-electron chi connectivity index (χ2n) is 4.11. The number of hydrogen-bond donors (Lipinski definition) is 1. The molecule has 2 aromatic heterocycles. The second-order valence-corrected chi connectivity index (χ2v) is 4.50. The summed E-state index contributed by atoms with van der Waals surface area (Å²) in [4.78, 5) is 15.6. The second kappa shape index (κ2) is 7.67. The molecule has 2 aromatic rings. The molecular weight excluding hydrogens is 280 g/mol. The van der Waals surface area contributed by atoms with Crippen molar-refractivity contribution in [3.05, 3.63) is 53.2 Å². The number of pyridine rings is 1. The predicted molar refractivity (Wildman–Crippen MR) is 74.6 cm³/mol. The van der Waals surface area contributed by atoms with Gasteiger partial charge >= 0.3 is 0 Å². The monoisotopic (exact) mass is 294 g/mol. The van der Waals surface area contributed by atoms with E-state index in [1.807, 2.05) is 12.1 Å². The molecule has 0 saturated carbocycles. The van der Waals surface area contributed by atoms with E-state index >= 15 is 0 Å². The lowest BCUT2D eigenvalue weighted by Gasteiger charge is -2.05. The molecule has 20 heavy (non-hydrogen) atoms. The summed E-state index contributed by atoms with van der Waals surface area (Å²) < 4.78 is 10.5. The molecule has 0 aliphatic carbocycles. The molecule has 0 bridgehead atoms. The quantitative estimate of drug-likeness (QED) is 0.630. The zero-order valence-corrected chi connectivity index (χ0v) is 11.6. The molecule has 0 radical (unpaired) electrons. The van der Waals surface area contributed by atoms with Crippen molar-refractivity contribution >= 4 is 17.5 Å². The summed E-state index contributed by atoms with van der Waals surface area (Å²) in [5, 5.41) is 3.16. The minimum atomic E-state index is -0.166. The van der Waals surface area contributed by atoms with Gasteiger partial charge in [-0.2, -0.15) is 0 Å². The van der Waals surface area contributed by atoms with E-state index in [1.165, 1.54) is 6.20 Å². The summed E-state index contributed by atoms with van der Waals surface area (Å²) in [6.07, 6.45) is 3.79. The van der Waals surface area contributed by atoms with Crippen LogP contribution in [0.15, 0.2) is 41.1 Å². The van der Waals surface area contributed by atoms with E-state index in [1.54, 1.807) is 18.4 Å². The van der Waals surface area contributed by atoms with Crippen LogP contribution < -0.4 is 5.32 Å². The highest BCUT2D eigenvalue weighted by Crippen LogP contribution is 2.05. The maximum atomic E-state index is 11.7. The summed E-state index contributed by atoms with van der Waals surface area (Å²) in [7, 11) is 0. The summed E-state index contributed by atoms with van der Waals surface area (Å²) in [5.74, 6) is 0.626. The lowest BCUT2D eigenvalue weighted by molar-refractivity contribution is 0.0916. The number of nitrogens with one attached hydrogen (secondary N) is 1. The molecule has 0 spiro atoms. The Balaban J connectivity index is 1.58. The van der Waals surface area contributed by atoms with E-state index in [0.29, 0.717) is 30.5 Å². The van der Waals surface area contributed by atoms with Crippen molar-refractivity contribution in [1.29, 1.82) is 0 Å². The molecule has 2 rings (SSSR count). The number of furan rings is 1. The minimum Gasteiger partial charge on any atom is -0.467 e. The molecule has 0 unspecified atom stereocenters. The van der Waals surface area contributed by atoms with Gasteiger partial charge in [0.2, 0.25) is 0 Å². The zero-order chi connectivity index (χ0) is 14.2. The van der Waals surface area contributed by atoms with Gasteiger partial charge in [0.1, 0.15) is 17.5 Å². The SMILES string of the molecule is O=C(NCCCOCc1ccco1)c1ccc(Cl)nc1. The Morgan fingerprint density at radius 1 is 1.40 bits per heavy atom. The standard InChI is InChI=1S/C14H15ClN2O3/c15-13-5-4-11(9-17-13)14(18)16-6-2-7-19-10-12-3-1-8-20-12/h1,3-5,8-9H,2,6-7,10H2,(H,16,18). The Kier molecular flexibility index (Phi) is 5.58. The van der Waals surface area contributed by atoms with E-state index in [4.69, 9.17) is 20.8 Å². The molecule has 0 saturated heterocycles. The average molecular weight is 295 g/mol. The van der Waals surface area contributed by atoms with Crippen LogP contribution in [0.25, 0.3) is 0 Å². The largest absolute Gasteiger partial charge is 0.467 e. The maximum absolute atomic E-state index is 11.7. The first-order valence-corrected chi connectivity index (χ1v) is 6.63. The van der Waals surface area contributed by atoms with Crippen molar-refractivity contribution in [3.63, 3.8) is 0 Å². The van der Waals surface area contributed by atoms with E-state index in [2.05, 4.69) is 10.3 Å². The molecule has 0 aliphatic heterocycles. The Hall–Kier alpha value is -1.85. The van der Waals surface area contributed by atoms with Gasteiger partial charge in [0.05, 0.1) is 11.8 Å². The van der Waals surface area contributed by atoms with Crippen LogP contribution in [0.4, 0.5) is 0 Å². The van der Waals surface area contributed by atoms with Gasteiger partial charge in [-0.25, -0.2) is 4.98 Å². The first-order chi connectivity index (χ1) is 9.75. The Morgan fingerprint density at radius 3 is 3.00 bits per heavy atom. The Labute approximate surface area is 121 Å². The van der Waals surface area contributed by atoms with Crippen molar-refractivity contribution in [2.45, 2.75) is 13.0 Å². The third-order valence-corrected chi connectivity index (χ3v) is 2.79. The molecule has 6 heteroatoms. The fourth-order valence-electron chi connectivity index (χ4n) is 1.56. The van der Waals surface area contributed by atoms with Crippen molar-refractivity contribution < 1.29 is 13.9 Å². The van der Waals surface area contributed by atoms with Crippen molar-refractivity contribution in [3.8, 4) is 0 Å². The van der Waals surface area contributed by atoms with Crippen molar-refractivity contribution in [2.75, 3.05) is 13.2 Å². The fourth-order valence-corrected chi connectivity index (χ4v) is 1.67. The Bertz CT molecular complexity index is 526. The molecule has 0 atom stereocenters. The number of hydrogen-bond acceptors (Lipinski definition) is 4. The van der Waals surface area contributed by atoms with Crippen LogP contribution in [0.5, 0.6) is 0 Å². The predicted octanol–water partition coefficient (Wildman–Crippen LogP) is 2.66. The summed E-state index contributed by atoms with van der Waals surface area (Å²) in [6, 6.07) is 6.90. The molecule has 0 fully saturated rings. The van der Waals surface area contributed by atoms with Gasteiger partial charge in [-0.1, -0.05) is 11.6 Å². The van der Waals surface area contributed by atoms with Crippen LogP contribution >= 0.6 is 11.6 Å². The van der Waals surface area contributed by atoms with E-state index in [0.717, 1.165) is 12.2 Å². The van der Waals surface area contributed by atoms with Crippen LogP contribution in [0.2, 0.25) is 5.15 Å². The highest BCUT2D eigenvalue weighted by atomic mass is 35.5. The van der Waals surface area contributed by atoms with Gasteiger partial charge in [0, 0.05) is 19.3 Å². The number of rotatable bonds is 7.